The van der Waals surface area contributed by atoms with Crippen LogP contribution in [0.1, 0.15) is 0 Å². The third kappa shape index (κ3) is 0.850. The minimum absolute atomic E-state index is 0.572. The third-order valence-electron chi connectivity index (χ3n) is 0.966. The number of hydrogen-bond donors (Lipinski definition) is 2. The van der Waals surface area contributed by atoms with Crippen molar-refractivity contribution in [1.29, 1.82) is 0 Å². The highest BCUT2D eigenvalue weighted by Gasteiger charge is 2.12. The first-order chi connectivity index (χ1) is 2.79. The van der Waals surface area contributed by atoms with Crippen molar-refractivity contribution in [3.63, 3.8) is 0 Å². The maximum atomic E-state index is 2.40. The van der Waals surface area contributed by atoms with Gasteiger partial charge >= 0.3 is 0 Å². The summed E-state index contributed by atoms with van der Waals surface area (Å²) >= 11 is 0. The molecule has 0 spiro atoms. The Morgan fingerprint density at radius 1 is 1.00 bits per heavy atom. The van der Waals surface area contributed by atoms with E-state index in [1.165, 1.54) is 0 Å². The maximum absolute atomic E-state index is 2.40. The van der Waals surface area contributed by atoms with Crippen LogP contribution in [0.4, 0.5) is 0 Å². The second-order valence-electron chi connectivity index (χ2n) is 1.99. The first kappa shape index (κ1) is 4.85. The highest BCUT2D eigenvalue weighted by Crippen LogP contribution is 2.50. The molecule has 1 saturated heterocycles. The highest BCUT2D eigenvalue weighted by atomic mass is 32.3. The zero-order valence-electron chi connectivity index (χ0n) is 4.31. The molecule has 40 valence electrons. The summed E-state index contributed by atoms with van der Waals surface area (Å²) in [5.41, 5.74) is 0. The zero-order chi connectivity index (χ0) is 4.57. The summed E-state index contributed by atoms with van der Waals surface area (Å²) in [4.78, 5) is 0. The lowest BCUT2D eigenvalue weighted by Gasteiger charge is -2.36. The monoisotopic (exact) mass is 124 g/mol. The van der Waals surface area contributed by atoms with Gasteiger partial charge in [-0.2, -0.15) is 0 Å². The molecule has 1 heterocycles. The first-order valence-corrected chi connectivity index (χ1v) is 6.48. The summed E-state index contributed by atoms with van der Waals surface area (Å²) in [6, 6.07) is 0. The normalized spacial score (nSPS) is 57.0. The molecule has 0 aromatic heterocycles. The molecule has 0 nitrogen and oxygen atoms in total. The van der Waals surface area contributed by atoms with Crippen LogP contribution >= 0.6 is 21.8 Å². The van der Waals surface area contributed by atoms with E-state index in [0.717, 1.165) is 0 Å². The Labute approximate surface area is 45.0 Å². The smallest absolute Gasteiger partial charge is 0.00364 e. The van der Waals surface area contributed by atoms with E-state index in [2.05, 4.69) is 12.5 Å². The van der Waals surface area contributed by atoms with Crippen molar-refractivity contribution >= 4 is 21.8 Å². The second-order valence-corrected chi connectivity index (χ2v) is 7.68. The van der Waals surface area contributed by atoms with Crippen LogP contribution in [0.2, 0.25) is 0 Å². The van der Waals surface area contributed by atoms with Crippen molar-refractivity contribution in [1.82, 2.24) is 0 Å². The molecule has 6 heavy (non-hydrogen) atoms. The van der Waals surface area contributed by atoms with Crippen molar-refractivity contribution < 1.29 is 0 Å². The van der Waals surface area contributed by atoms with Crippen molar-refractivity contribution in [3.05, 3.63) is 0 Å². The molecule has 0 N–H and O–H groups in total. The Hall–Kier alpha value is 0.700. The molecule has 0 bridgehead atoms. The van der Waals surface area contributed by atoms with E-state index < -0.39 is 0 Å². The molecule has 0 aromatic carbocycles. The molecule has 2 heteroatoms. The average molecular weight is 124 g/mol. The molecule has 0 atom stereocenters. The van der Waals surface area contributed by atoms with Crippen LogP contribution in [0.5, 0.6) is 0 Å². The molecule has 0 unspecified atom stereocenters. The summed E-state index contributed by atoms with van der Waals surface area (Å²) < 4.78 is 0. The summed E-state index contributed by atoms with van der Waals surface area (Å²) in [7, 11) is 1.14. The molecule has 0 aromatic rings. The van der Waals surface area contributed by atoms with Gasteiger partial charge in [0.15, 0.2) is 0 Å². The lowest BCUT2D eigenvalue weighted by Crippen LogP contribution is -2.05. The third-order valence-corrected chi connectivity index (χ3v) is 8.69. The molecule has 0 saturated carbocycles. The van der Waals surface area contributed by atoms with Crippen LogP contribution in [0.15, 0.2) is 0 Å². The molecular weight excluding hydrogens is 112 g/mol. The van der Waals surface area contributed by atoms with Gasteiger partial charge in [0.25, 0.3) is 0 Å². The van der Waals surface area contributed by atoms with Crippen LogP contribution in [0.25, 0.3) is 0 Å². The molecule has 1 fully saturated rings. The van der Waals surface area contributed by atoms with Crippen molar-refractivity contribution in [2.24, 2.45) is 0 Å². The number of hydrogen-bond acceptors (Lipinski definition) is 0. The predicted octanol–water partition coefficient (Wildman–Crippen LogP) is 1.18. The van der Waals surface area contributed by atoms with Crippen molar-refractivity contribution in [3.8, 4) is 0 Å². The van der Waals surface area contributed by atoms with E-state index in [1.54, 1.807) is 10.2 Å². The van der Waals surface area contributed by atoms with Crippen molar-refractivity contribution in [2.45, 2.75) is 0 Å². The van der Waals surface area contributed by atoms with Crippen LogP contribution in [0.3, 0.4) is 0 Å². The standard InChI is InChI=1S/C4H12S2/c1-5-3-6(2)4-5/h5-6H,3-4H2,1-2H3. The largest absolute Gasteiger partial charge is 0.241 e. The maximum Gasteiger partial charge on any atom is 0.00364 e. The number of rotatable bonds is 0. The summed E-state index contributed by atoms with van der Waals surface area (Å²) in [5, 5.41) is 3.20. The second kappa shape index (κ2) is 1.66. The van der Waals surface area contributed by atoms with Crippen molar-refractivity contribution in [2.75, 3.05) is 22.7 Å². The SMILES string of the molecule is C[SH]1C[SH](C)C1. The van der Waals surface area contributed by atoms with Crippen LogP contribution in [0, 0.1) is 0 Å². The zero-order valence-corrected chi connectivity index (χ0v) is 6.10. The van der Waals surface area contributed by atoms with E-state index in [4.69, 9.17) is 0 Å². The van der Waals surface area contributed by atoms with Gasteiger partial charge in [-0.05, 0) is 12.5 Å². The molecular formula is C4H12S2. The molecule has 1 aliphatic heterocycles. The van der Waals surface area contributed by atoms with Gasteiger partial charge in [0.1, 0.15) is 0 Å². The fraction of sp³-hybridized carbons (Fsp3) is 1.00. The van der Waals surface area contributed by atoms with Gasteiger partial charge in [0.2, 0.25) is 0 Å². The lowest BCUT2D eigenvalue weighted by molar-refractivity contribution is 1.88. The van der Waals surface area contributed by atoms with Gasteiger partial charge < -0.3 is 0 Å². The minimum Gasteiger partial charge on any atom is -0.241 e. The van der Waals surface area contributed by atoms with E-state index in [0.29, 0.717) is 21.8 Å². The van der Waals surface area contributed by atoms with Gasteiger partial charge in [0.05, 0.1) is 0 Å². The Bertz CT molecular complexity index is 41.5. The minimum atomic E-state index is 0.572. The van der Waals surface area contributed by atoms with E-state index in [1.807, 2.05) is 0 Å². The van der Waals surface area contributed by atoms with Gasteiger partial charge in [-0.3, -0.25) is 0 Å². The molecule has 1 rings (SSSR count). The van der Waals surface area contributed by atoms with Crippen LogP contribution in [-0.4, -0.2) is 22.7 Å². The topological polar surface area (TPSA) is 0 Å². The van der Waals surface area contributed by atoms with Gasteiger partial charge in [-0.15, -0.1) is 0 Å². The van der Waals surface area contributed by atoms with E-state index >= 15 is 0 Å². The number of thiol groups is 2. The fourth-order valence-electron chi connectivity index (χ4n) is 0.783. The lowest BCUT2D eigenvalue weighted by atomic mass is 11.8. The van der Waals surface area contributed by atoms with Gasteiger partial charge in [-0.1, -0.05) is 0 Å². The van der Waals surface area contributed by atoms with E-state index in [-0.39, 0.29) is 0 Å². The summed E-state index contributed by atoms with van der Waals surface area (Å²) in [5.74, 6) is 0. The van der Waals surface area contributed by atoms with Crippen LogP contribution in [-0.2, 0) is 0 Å². The quantitative estimate of drug-likeness (QED) is 0.445. The Morgan fingerprint density at radius 3 is 1.33 bits per heavy atom. The Kier molecular flexibility index (Phi) is 1.34. The molecule has 0 radical (unpaired) electrons. The Balaban J connectivity index is 2.11. The first-order valence-electron chi connectivity index (χ1n) is 2.16. The fourth-order valence-corrected chi connectivity index (χ4v) is 7.05. The molecule has 0 amide bonds. The summed E-state index contributed by atoms with van der Waals surface area (Å²) in [6.45, 7) is 0. The van der Waals surface area contributed by atoms with Gasteiger partial charge in [-0.25, -0.2) is 21.8 Å². The molecule has 1 aliphatic rings. The highest BCUT2D eigenvalue weighted by molar-refractivity contribution is 8.47. The average Bonchev–Trinajstić information content (AvgIpc) is 1.33. The summed E-state index contributed by atoms with van der Waals surface area (Å²) in [6.07, 6.45) is 4.80. The predicted molar refractivity (Wildman–Crippen MR) is 39.6 cm³/mol. The van der Waals surface area contributed by atoms with Gasteiger partial charge in [0, 0.05) is 10.2 Å². The Morgan fingerprint density at radius 2 is 1.33 bits per heavy atom. The molecule has 0 aliphatic carbocycles. The van der Waals surface area contributed by atoms with Crippen LogP contribution < -0.4 is 0 Å². The van der Waals surface area contributed by atoms with E-state index in [9.17, 15) is 0 Å².